The summed E-state index contributed by atoms with van der Waals surface area (Å²) in [6.45, 7) is 4.12. The highest BCUT2D eigenvalue weighted by atomic mass is 35.5. The minimum atomic E-state index is 0.00407. The third-order valence-electron chi connectivity index (χ3n) is 4.39. The summed E-state index contributed by atoms with van der Waals surface area (Å²) in [4.78, 5) is 16.5. The van der Waals surface area contributed by atoms with Crippen LogP contribution in [0.2, 0.25) is 5.02 Å². The number of rotatable bonds is 6. The molecule has 1 amide bonds. The van der Waals surface area contributed by atoms with Gasteiger partial charge < -0.3 is 9.64 Å². The topological polar surface area (TPSA) is 32.8 Å². The van der Waals surface area contributed by atoms with E-state index >= 15 is 0 Å². The normalized spacial score (nSPS) is 15.3. The summed E-state index contributed by atoms with van der Waals surface area (Å²) in [5, 5.41) is 0.523. The van der Waals surface area contributed by atoms with E-state index in [0.717, 1.165) is 32.7 Å². The summed E-state index contributed by atoms with van der Waals surface area (Å²) in [5.41, 5.74) is 1.21. The van der Waals surface area contributed by atoms with Gasteiger partial charge in [-0.05, 0) is 17.7 Å². The van der Waals surface area contributed by atoms with E-state index in [-0.39, 0.29) is 12.5 Å². The summed E-state index contributed by atoms with van der Waals surface area (Å²) in [7, 11) is 0. The van der Waals surface area contributed by atoms with E-state index in [0.29, 0.717) is 10.8 Å². The predicted molar refractivity (Wildman–Crippen MR) is 105 cm³/mol. The zero-order valence-electron chi connectivity index (χ0n) is 14.7. The fourth-order valence-corrected chi connectivity index (χ4v) is 3.06. The van der Waals surface area contributed by atoms with Crippen molar-refractivity contribution in [2.45, 2.75) is 0 Å². The summed E-state index contributed by atoms with van der Waals surface area (Å²) >= 11 is 6.04. The Balaban J connectivity index is 1.39. The van der Waals surface area contributed by atoms with Crippen molar-refractivity contribution in [2.24, 2.45) is 0 Å². The first-order valence-electron chi connectivity index (χ1n) is 8.81. The van der Waals surface area contributed by atoms with E-state index < -0.39 is 0 Å². The molecule has 26 heavy (non-hydrogen) atoms. The minimum absolute atomic E-state index is 0.00407. The molecule has 2 aromatic rings. The minimum Gasteiger partial charge on any atom is -0.482 e. The fraction of sp³-hybridized carbons (Fsp3) is 0.286. The van der Waals surface area contributed by atoms with Gasteiger partial charge in [-0.15, -0.1) is 0 Å². The number of benzene rings is 2. The molecule has 0 N–H and O–H groups in total. The van der Waals surface area contributed by atoms with E-state index in [4.69, 9.17) is 16.3 Å². The molecule has 0 unspecified atom stereocenters. The molecule has 1 heterocycles. The van der Waals surface area contributed by atoms with Crippen molar-refractivity contribution >= 4 is 23.6 Å². The summed E-state index contributed by atoms with van der Waals surface area (Å²) in [6.07, 6.45) is 4.31. The molecule has 4 nitrogen and oxygen atoms in total. The Morgan fingerprint density at radius 2 is 1.69 bits per heavy atom. The molecule has 136 valence electrons. The van der Waals surface area contributed by atoms with Gasteiger partial charge in [-0.1, -0.05) is 66.2 Å². The third-order valence-corrected chi connectivity index (χ3v) is 4.70. The number of carbonyl (C=O) groups is 1. The Morgan fingerprint density at radius 3 is 2.42 bits per heavy atom. The first kappa shape index (κ1) is 18.5. The average molecular weight is 371 g/mol. The fourth-order valence-electron chi connectivity index (χ4n) is 2.87. The number of hydrogen-bond acceptors (Lipinski definition) is 3. The molecule has 0 aromatic heterocycles. The molecule has 5 heteroatoms. The molecule has 0 radical (unpaired) electrons. The first-order valence-corrected chi connectivity index (χ1v) is 9.19. The second-order valence-electron chi connectivity index (χ2n) is 6.21. The lowest BCUT2D eigenvalue weighted by Crippen LogP contribution is -2.49. The highest BCUT2D eigenvalue weighted by molar-refractivity contribution is 6.32. The van der Waals surface area contributed by atoms with Crippen molar-refractivity contribution in [3.05, 3.63) is 71.3 Å². The van der Waals surface area contributed by atoms with Crippen LogP contribution in [0.5, 0.6) is 5.75 Å². The van der Waals surface area contributed by atoms with E-state index in [1.165, 1.54) is 5.56 Å². The van der Waals surface area contributed by atoms with Gasteiger partial charge in [-0.2, -0.15) is 0 Å². The van der Waals surface area contributed by atoms with Crippen molar-refractivity contribution in [2.75, 3.05) is 39.3 Å². The lowest BCUT2D eigenvalue weighted by atomic mass is 10.2. The van der Waals surface area contributed by atoms with Crippen LogP contribution in [0.25, 0.3) is 6.08 Å². The first-order chi connectivity index (χ1) is 12.7. The van der Waals surface area contributed by atoms with Gasteiger partial charge in [0, 0.05) is 32.7 Å². The second-order valence-corrected chi connectivity index (χ2v) is 6.62. The lowest BCUT2D eigenvalue weighted by molar-refractivity contribution is -0.135. The summed E-state index contributed by atoms with van der Waals surface area (Å²) in [5.74, 6) is 0.552. The standard InChI is InChI=1S/C21H23ClN2O2/c22-19-10-4-5-11-20(19)26-17-21(25)24-15-13-23(14-16-24)12-6-9-18-7-2-1-3-8-18/h1-11H,12-17H2/b9-6+. The largest absolute Gasteiger partial charge is 0.482 e. The molecule has 1 aliphatic rings. The van der Waals surface area contributed by atoms with Gasteiger partial charge in [0.05, 0.1) is 5.02 Å². The molecule has 0 aliphatic carbocycles. The van der Waals surface area contributed by atoms with Crippen LogP contribution >= 0.6 is 11.6 Å². The van der Waals surface area contributed by atoms with Gasteiger partial charge in [0.2, 0.25) is 0 Å². The molecule has 0 spiro atoms. The zero-order chi connectivity index (χ0) is 18.2. The van der Waals surface area contributed by atoms with Crippen molar-refractivity contribution in [3.63, 3.8) is 0 Å². The molecule has 0 saturated carbocycles. The molecule has 3 rings (SSSR count). The Morgan fingerprint density at radius 1 is 1.00 bits per heavy atom. The van der Waals surface area contributed by atoms with Crippen LogP contribution in [0.3, 0.4) is 0 Å². The highest BCUT2D eigenvalue weighted by Crippen LogP contribution is 2.23. The van der Waals surface area contributed by atoms with Crippen LogP contribution in [-0.4, -0.2) is 55.0 Å². The Bertz CT molecular complexity index is 741. The van der Waals surface area contributed by atoms with Gasteiger partial charge >= 0.3 is 0 Å². The molecule has 2 aromatic carbocycles. The van der Waals surface area contributed by atoms with E-state index in [1.54, 1.807) is 12.1 Å². The maximum Gasteiger partial charge on any atom is 0.260 e. The van der Waals surface area contributed by atoms with Crippen LogP contribution in [0.15, 0.2) is 60.7 Å². The van der Waals surface area contributed by atoms with E-state index in [1.807, 2.05) is 35.2 Å². The van der Waals surface area contributed by atoms with Crippen LogP contribution in [-0.2, 0) is 4.79 Å². The number of amides is 1. The highest BCUT2D eigenvalue weighted by Gasteiger charge is 2.20. The van der Waals surface area contributed by atoms with E-state index in [2.05, 4.69) is 29.2 Å². The zero-order valence-corrected chi connectivity index (χ0v) is 15.4. The number of halogens is 1. The third kappa shape index (κ3) is 5.35. The molecular weight excluding hydrogens is 348 g/mol. The van der Waals surface area contributed by atoms with Gasteiger partial charge in [0.1, 0.15) is 5.75 Å². The van der Waals surface area contributed by atoms with Crippen molar-refractivity contribution in [1.82, 2.24) is 9.80 Å². The van der Waals surface area contributed by atoms with Crippen LogP contribution in [0.1, 0.15) is 5.56 Å². The Labute approximate surface area is 159 Å². The molecule has 1 saturated heterocycles. The van der Waals surface area contributed by atoms with Crippen molar-refractivity contribution in [3.8, 4) is 5.75 Å². The average Bonchev–Trinajstić information content (AvgIpc) is 2.68. The SMILES string of the molecule is O=C(COc1ccccc1Cl)N1CCN(C/C=C/c2ccccc2)CC1. The Kier molecular flexibility index (Phi) is 6.69. The molecular formula is C21H23ClN2O2. The van der Waals surface area contributed by atoms with Crippen molar-refractivity contribution < 1.29 is 9.53 Å². The molecule has 0 atom stereocenters. The smallest absolute Gasteiger partial charge is 0.260 e. The van der Waals surface area contributed by atoms with Gasteiger partial charge in [0.25, 0.3) is 5.91 Å². The predicted octanol–water partition coefficient (Wildman–Crippen LogP) is 3.58. The summed E-state index contributed by atoms with van der Waals surface area (Å²) in [6, 6.07) is 17.5. The number of piperazine rings is 1. The van der Waals surface area contributed by atoms with Gasteiger partial charge in [-0.25, -0.2) is 0 Å². The number of nitrogens with zero attached hydrogens (tertiary/aromatic N) is 2. The number of para-hydroxylation sites is 1. The van der Waals surface area contributed by atoms with Crippen LogP contribution in [0.4, 0.5) is 0 Å². The monoisotopic (exact) mass is 370 g/mol. The maximum atomic E-state index is 12.3. The second kappa shape index (κ2) is 9.41. The number of hydrogen-bond donors (Lipinski definition) is 0. The van der Waals surface area contributed by atoms with Crippen LogP contribution in [0, 0.1) is 0 Å². The van der Waals surface area contributed by atoms with Crippen molar-refractivity contribution in [1.29, 1.82) is 0 Å². The molecule has 0 bridgehead atoms. The number of carbonyl (C=O) groups excluding carboxylic acids is 1. The Hall–Kier alpha value is -2.30. The molecule has 1 fully saturated rings. The summed E-state index contributed by atoms with van der Waals surface area (Å²) < 4.78 is 5.54. The van der Waals surface area contributed by atoms with E-state index in [9.17, 15) is 4.79 Å². The van der Waals surface area contributed by atoms with Gasteiger partial charge in [0.15, 0.2) is 6.61 Å². The lowest BCUT2D eigenvalue weighted by Gasteiger charge is -2.34. The van der Waals surface area contributed by atoms with Gasteiger partial charge in [-0.3, -0.25) is 9.69 Å². The maximum absolute atomic E-state index is 12.3. The number of ether oxygens (including phenoxy) is 1. The van der Waals surface area contributed by atoms with Crippen LogP contribution < -0.4 is 4.74 Å². The molecule has 1 aliphatic heterocycles. The quantitative estimate of drug-likeness (QED) is 0.779.